The van der Waals surface area contributed by atoms with Crippen molar-refractivity contribution in [1.29, 1.82) is 0 Å². The Morgan fingerprint density at radius 3 is 2.46 bits per heavy atom. The van der Waals surface area contributed by atoms with Crippen LogP contribution in [0.1, 0.15) is 12.8 Å². The lowest BCUT2D eigenvalue weighted by Crippen LogP contribution is -2.51. The van der Waals surface area contributed by atoms with Crippen LogP contribution >= 0.6 is 11.6 Å². The van der Waals surface area contributed by atoms with Crippen LogP contribution in [-0.4, -0.2) is 62.0 Å². The van der Waals surface area contributed by atoms with Gasteiger partial charge in [-0.25, -0.2) is 0 Å². The fourth-order valence-corrected chi connectivity index (χ4v) is 3.17. The first-order chi connectivity index (χ1) is 11.5. The molecule has 1 saturated heterocycles. The van der Waals surface area contributed by atoms with Crippen LogP contribution in [0, 0.1) is 5.41 Å². The quantitative estimate of drug-likeness (QED) is 0.841. The van der Waals surface area contributed by atoms with E-state index in [1.807, 2.05) is 11.9 Å². The van der Waals surface area contributed by atoms with Crippen molar-refractivity contribution >= 4 is 29.1 Å². The highest BCUT2D eigenvalue weighted by Gasteiger charge is 2.58. The number of hydrogen-bond donors (Lipinski definition) is 1. The Labute approximate surface area is 146 Å². The summed E-state index contributed by atoms with van der Waals surface area (Å²) < 4.78 is 5.25. The average molecular weight is 352 g/mol. The lowest BCUT2D eigenvalue weighted by atomic mass is 10.0. The van der Waals surface area contributed by atoms with Crippen molar-refractivity contribution in [3.05, 3.63) is 23.2 Å². The molecule has 0 radical (unpaired) electrons. The zero-order valence-electron chi connectivity index (χ0n) is 14.0. The summed E-state index contributed by atoms with van der Waals surface area (Å²) in [5.41, 5.74) is -0.434. The van der Waals surface area contributed by atoms with Gasteiger partial charge in [0.2, 0.25) is 11.8 Å². The number of amides is 2. The lowest BCUT2D eigenvalue weighted by molar-refractivity contribution is -0.143. The molecular formula is C17H22ClN3O3. The van der Waals surface area contributed by atoms with Gasteiger partial charge in [-0.1, -0.05) is 11.6 Å². The molecule has 1 aromatic rings. The predicted octanol–water partition coefficient (Wildman–Crippen LogP) is 1.84. The Bertz CT molecular complexity index is 652. The molecule has 1 aromatic carbocycles. The van der Waals surface area contributed by atoms with Gasteiger partial charge in [-0.2, -0.15) is 0 Å². The number of carbonyl (C=O) groups excluding carboxylic acids is 2. The third-order valence-corrected chi connectivity index (χ3v) is 5.03. The number of ether oxygens (including phenoxy) is 1. The van der Waals surface area contributed by atoms with Gasteiger partial charge < -0.3 is 19.9 Å². The third-order valence-electron chi connectivity index (χ3n) is 4.79. The molecule has 3 rings (SSSR count). The number of methoxy groups -OCH3 is 1. The highest BCUT2D eigenvalue weighted by molar-refractivity contribution is 6.31. The van der Waals surface area contributed by atoms with E-state index in [0.717, 1.165) is 13.1 Å². The van der Waals surface area contributed by atoms with Crippen molar-refractivity contribution in [2.45, 2.75) is 12.8 Å². The van der Waals surface area contributed by atoms with Gasteiger partial charge in [0, 0.05) is 31.2 Å². The van der Waals surface area contributed by atoms with Crippen LogP contribution in [-0.2, 0) is 9.59 Å². The number of rotatable bonds is 4. The minimum Gasteiger partial charge on any atom is -0.495 e. The highest BCUT2D eigenvalue weighted by Crippen LogP contribution is 2.48. The van der Waals surface area contributed by atoms with Crippen molar-refractivity contribution < 1.29 is 14.3 Å². The minimum absolute atomic E-state index is 0.0610. The predicted molar refractivity (Wildman–Crippen MR) is 92.4 cm³/mol. The Balaban J connectivity index is 1.72. The lowest BCUT2D eigenvalue weighted by Gasteiger charge is -2.34. The van der Waals surface area contributed by atoms with Crippen LogP contribution in [0.2, 0.25) is 5.02 Å². The van der Waals surface area contributed by atoms with Gasteiger partial charge in [-0.3, -0.25) is 9.59 Å². The molecule has 1 aliphatic carbocycles. The highest BCUT2D eigenvalue weighted by atomic mass is 35.5. The van der Waals surface area contributed by atoms with E-state index < -0.39 is 5.41 Å². The summed E-state index contributed by atoms with van der Waals surface area (Å²) in [6.45, 7) is 3.02. The number of nitrogens with one attached hydrogen (secondary N) is 1. The standard InChI is InChI=1S/C17H22ClN3O3/c1-20-7-9-21(10-8-20)16(23)17(5-6-17)15(22)19-13-11-12(18)3-4-14(13)24-2/h3-4,11H,5-10H2,1-2H3,(H,19,22). The molecule has 1 aliphatic heterocycles. The van der Waals surface area contributed by atoms with Crippen LogP contribution in [0.25, 0.3) is 0 Å². The first-order valence-corrected chi connectivity index (χ1v) is 8.47. The van der Waals surface area contributed by atoms with Crippen LogP contribution < -0.4 is 10.1 Å². The monoisotopic (exact) mass is 351 g/mol. The van der Waals surface area contributed by atoms with Crippen molar-refractivity contribution in [3.63, 3.8) is 0 Å². The molecule has 7 heteroatoms. The van der Waals surface area contributed by atoms with Crippen molar-refractivity contribution in [3.8, 4) is 5.75 Å². The number of carbonyl (C=O) groups is 2. The van der Waals surface area contributed by atoms with E-state index in [9.17, 15) is 9.59 Å². The second-order valence-corrected chi connectivity index (χ2v) is 6.91. The van der Waals surface area contributed by atoms with Gasteiger partial charge >= 0.3 is 0 Å². The second kappa shape index (κ2) is 6.61. The fraction of sp³-hybridized carbons (Fsp3) is 0.529. The SMILES string of the molecule is COc1ccc(Cl)cc1NC(=O)C1(C(=O)N2CCN(C)CC2)CC1. The number of halogens is 1. The summed E-state index contributed by atoms with van der Waals surface area (Å²) in [6, 6.07) is 5.02. The van der Waals surface area contributed by atoms with Crippen LogP contribution in [0.5, 0.6) is 5.75 Å². The van der Waals surface area contributed by atoms with Crippen LogP contribution in [0.3, 0.4) is 0 Å². The molecule has 2 aliphatic rings. The Hall–Kier alpha value is -1.79. The smallest absolute Gasteiger partial charge is 0.240 e. The average Bonchev–Trinajstić information content (AvgIpc) is 3.37. The molecule has 2 amide bonds. The summed E-state index contributed by atoms with van der Waals surface area (Å²) in [4.78, 5) is 29.6. The van der Waals surface area contributed by atoms with E-state index in [1.54, 1.807) is 18.2 Å². The molecule has 2 fully saturated rings. The molecule has 0 unspecified atom stereocenters. The molecule has 0 spiro atoms. The minimum atomic E-state index is -0.927. The van der Waals surface area contributed by atoms with Crippen molar-refractivity contribution in [2.24, 2.45) is 5.41 Å². The maximum absolute atomic E-state index is 12.8. The van der Waals surface area contributed by atoms with Crippen molar-refractivity contribution in [1.82, 2.24) is 9.80 Å². The molecule has 0 aromatic heterocycles. The van der Waals surface area contributed by atoms with Gasteiger partial charge in [-0.15, -0.1) is 0 Å². The van der Waals surface area contributed by atoms with E-state index in [0.29, 0.717) is 42.4 Å². The van der Waals surface area contributed by atoms with E-state index in [4.69, 9.17) is 16.3 Å². The number of nitrogens with zero attached hydrogens (tertiary/aromatic N) is 2. The first kappa shape index (κ1) is 17.0. The Kier molecular flexibility index (Phi) is 4.69. The van der Waals surface area contributed by atoms with Crippen LogP contribution in [0.4, 0.5) is 5.69 Å². The maximum Gasteiger partial charge on any atom is 0.240 e. The number of piperazine rings is 1. The molecule has 0 bridgehead atoms. The largest absolute Gasteiger partial charge is 0.495 e. The number of hydrogen-bond acceptors (Lipinski definition) is 4. The Morgan fingerprint density at radius 2 is 1.88 bits per heavy atom. The second-order valence-electron chi connectivity index (χ2n) is 6.48. The summed E-state index contributed by atoms with van der Waals surface area (Å²) in [7, 11) is 3.56. The number of anilines is 1. The maximum atomic E-state index is 12.8. The van der Waals surface area contributed by atoms with E-state index in [1.165, 1.54) is 7.11 Å². The van der Waals surface area contributed by atoms with Gasteiger partial charge in [0.1, 0.15) is 11.2 Å². The summed E-state index contributed by atoms with van der Waals surface area (Å²) in [5.74, 6) is 0.191. The molecule has 0 atom stereocenters. The molecule has 24 heavy (non-hydrogen) atoms. The first-order valence-electron chi connectivity index (χ1n) is 8.09. The summed E-state index contributed by atoms with van der Waals surface area (Å²) in [5, 5.41) is 3.33. The normalized spacial score (nSPS) is 19.7. The van der Waals surface area contributed by atoms with Gasteiger partial charge in [0.25, 0.3) is 0 Å². The third kappa shape index (κ3) is 3.21. The number of benzene rings is 1. The zero-order valence-corrected chi connectivity index (χ0v) is 14.7. The Morgan fingerprint density at radius 1 is 1.21 bits per heavy atom. The summed E-state index contributed by atoms with van der Waals surface area (Å²) in [6.07, 6.45) is 1.18. The van der Waals surface area contributed by atoms with Crippen molar-refractivity contribution in [2.75, 3.05) is 45.7 Å². The molecule has 1 heterocycles. The van der Waals surface area contributed by atoms with Gasteiger partial charge in [-0.05, 0) is 38.1 Å². The van der Waals surface area contributed by atoms with E-state index in [-0.39, 0.29) is 11.8 Å². The molecule has 1 N–H and O–H groups in total. The summed E-state index contributed by atoms with van der Waals surface area (Å²) >= 11 is 6.00. The zero-order chi connectivity index (χ0) is 17.3. The van der Waals surface area contributed by atoms with E-state index in [2.05, 4.69) is 10.2 Å². The van der Waals surface area contributed by atoms with E-state index >= 15 is 0 Å². The molecule has 6 nitrogen and oxygen atoms in total. The fourth-order valence-electron chi connectivity index (χ4n) is 3.00. The van der Waals surface area contributed by atoms with Gasteiger partial charge in [0.15, 0.2) is 0 Å². The molecule has 130 valence electrons. The molecular weight excluding hydrogens is 330 g/mol. The molecule has 1 saturated carbocycles. The van der Waals surface area contributed by atoms with Crippen LogP contribution in [0.15, 0.2) is 18.2 Å². The topological polar surface area (TPSA) is 61.9 Å². The van der Waals surface area contributed by atoms with Gasteiger partial charge in [0.05, 0.1) is 12.8 Å². The number of likely N-dealkylation sites (N-methyl/N-ethyl adjacent to an activating group) is 1.